The van der Waals surface area contributed by atoms with Crippen molar-refractivity contribution in [3.63, 3.8) is 0 Å². The molecule has 2 N–H and O–H groups in total. The van der Waals surface area contributed by atoms with Crippen molar-refractivity contribution in [2.24, 2.45) is 0 Å². The number of aryl methyl sites for hydroxylation is 1. The highest BCUT2D eigenvalue weighted by atomic mass is 32.1. The molecule has 0 spiro atoms. The maximum absolute atomic E-state index is 5.32. The summed E-state index contributed by atoms with van der Waals surface area (Å²) >= 11 is 1.60. The Morgan fingerprint density at radius 2 is 2.37 bits per heavy atom. The molecule has 100 valence electrons. The van der Waals surface area contributed by atoms with Crippen molar-refractivity contribution in [1.29, 1.82) is 0 Å². The van der Waals surface area contributed by atoms with Gasteiger partial charge in [-0.3, -0.25) is 9.50 Å². The predicted molar refractivity (Wildman–Crippen MR) is 73.5 cm³/mol. The first kappa shape index (κ1) is 12.2. The number of fused-ring (bicyclic) bond motifs is 1. The Kier molecular flexibility index (Phi) is 3.22. The molecule has 0 atom stereocenters. The average molecular weight is 277 g/mol. The van der Waals surface area contributed by atoms with Gasteiger partial charge in [0.15, 0.2) is 4.96 Å². The molecule has 3 aromatic rings. The van der Waals surface area contributed by atoms with Gasteiger partial charge in [-0.15, -0.1) is 11.3 Å². The second-order valence-corrected chi connectivity index (χ2v) is 5.12. The summed E-state index contributed by atoms with van der Waals surface area (Å²) < 4.78 is 7.37. The van der Waals surface area contributed by atoms with E-state index in [1.165, 1.54) is 5.56 Å². The molecule has 3 aromatic heterocycles. The van der Waals surface area contributed by atoms with Gasteiger partial charge in [0.05, 0.1) is 13.3 Å². The number of nitrogens with one attached hydrogen (secondary N) is 2. The SMILES string of the molecule is COc1nc2sccn2c1CNCc1cn[nH]c1C. The molecule has 3 heterocycles. The molecule has 0 fully saturated rings. The lowest BCUT2D eigenvalue weighted by Crippen LogP contribution is -2.14. The first-order valence-corrected chi connectivity index (χ1v) is 6.85. The number of hydrogen-bond donors (Lipinski definition) is 2. The van der Waals surface area contributed by atoms with Crippen molar-refractivity contribution in [2.45, 2.75) is 20.0 Å². The number of methoxy groups -OCH3 is 1. The van der Waals surface area contributed by atoms with Crippen LogP contribution in [0.15, 0.2) is 17.8 Å². The normalized spacial score (nSPS) is 11.3. The third kappa shape index (κ3) is 2.22. The standard InChI is InChI=1S/C12H15N5OS/c1-8-9(6-14-16-8)5-13-7-10-11(18-2)15-12-17(10)3-4-19-12/h3-4,6,13H,5,7H2,1-2H3,(H,14,16). The van der Waals surface area contributed by atoms with E-state index in [2.05, 4.69) is 24.9 Å². The topological polar surface area (TPSA) is 67.2 Å². The van der Waals surface area contributed by atoms with Gasteiger partial charge >= 0.3 is 0 Å². The third-order valence-corrected chi connectivity index (χ3v) is 3.82. The molecule has 0 unspecified atom stereocenters. The van der Waals surface area contributed by atoms with E-state index < -0.39 is 0 Å². The van der Waals surface area contributed by atoms with Gasteiger partial charge in [-0.1, -0.05) is 0 Å². The second-order valence-electron chi connectivity index (χ2n) is 4.25. The molecule has 0 aliphatic heterocycles. The van der Waals surface area contributed by atoms with Crippen LogP contribution in [-0.2, 0) is 13.1 Å². The van der Waals surface area contributed by atoms with Crippen molar-refractivity contribution in [3.8, 4) is 5.88 Å². The zero-order valence-corrected chi connectivity index (χ0v) is 11.6. The minimum Gasteiger partial charge on any atom is -0.480 e. The van der Waals surface area contributed by atoms with E-state index in [9.17, 15) is 0 Å². The number of hydrogen-bond acceptors (Lipinski definition) is 5. The molecule has 0 aliphatic carbocycles. The van der Waals surface area contributed by atoms with Crippen LogP contribution in [0.5, 0.6) is 5.88 Å². The summed E-state index contributed by atoms with van der Waals surface area (Å²) in [5.41, 5.74) is 3.30. The zero-order valence-electron chi connectivity index (χ0n) is 10.8. The lowest BCUT2D eigenvalue weighted by molar-refractivity contribution is 0.393. The van der Waals surface area contributed by atoms with E-state index in [-0.39, 0.29) is 0 Å². The molecule has 7 heteroatoms. The summed E-state index contributed by atoms with van der Waals surface area (Å²) in [6.07, 6.45) is 3.85. The minimum absolute atomic E-state index is 0.684. The fourth-order valence-corrected chi connectivity index (χ4v) is 2.73. The number of nitrogens with zero attached hydrogens (tertiary/aromatic N) is 3. The van der Waals surface area contributed by atoms with Crippen molar-refractivity contribution >= 4 is 16.3 Å². The number of aromatic amines is 1. The average Bonchev–Trinajstić information content (AvgIpc) is 3.07. The molecule has 0 radical (unpaired) electrons. The molecule has 6 nitrogen and oxygen atoms in total. The maximum atomic E-state index is 5.32. The highest BCUT2D eigenvalue weighted by Gasteiger charge is 2.13. The Labute approximate surface area is 114 Å². The first-order valence-electron chi connectivity index (χ1n) is 5.97. The van der Waals surface area contributed by atoms with Crippen LogP contribution in [0.4, 0.5) is 0 Å². The molecular formula is C12H15N5OS. The second kappa shape index (κ2) is 5.02. The lowest BCUT2D eigenvalue weighted by atomic mass is 10.2. The van der Waals surface area contributed by atoms with Gasteiger partial charge in [0.1, 0.15) is 5.69 Å². The van der Waals surface area contributed by atoms with E-state index >= 15 is 0 Å². The fraction of sp³-hybridized carbons (Fsp3) is 0.333. The number of rotatable bonds is 5. The van der Waals surface area contributed by atoms with E-state index in [4.69, 9.17) is 4.74 Å². The van der Waals surface area contributed by atoms with Crippen molar-refractivity contribution in [1.82, 2.24) is 24.9 Å². The van der Waals surface area contributed by atoms with Crippen LogP contribution >= 0.6 is 11.3 Å². The monoisotopic (exact) mass is 277 g/mol. The highest BCUT2D eigenvalue weighted by Crippen LogP contribution is 2.22. The van der Waals surface area contributed by atoms with Gasteiger partial charge in [-0.05, 0) is 6.92 Å². The summed E-state index contributed by atoms with van der Waals surface area (Å²) in [4.78, 5) is 5.38. The molecule has 0 bridgehead atoms. The summed E-state index contributed by atoms with van der Waals surface area (Å²) in [5, 5.41) is 12.3. The summed E-state index contributed by atoms with van der Waals surface area (Å²) in [7, 11) is 1.65. The van der Waals surface area contributed by atoms with Crippen LogP contribution in [0.2, 0.25) is 0 Å². The number of aromatic nitrogens is 4. The lowest BCUT2D eigenvalue weighted by Gasteiger charge is -2.05. The van der Waals surface area contributed by atoms with Crippen LogP contribution < -0.4 is 10.1 Å². The third-order valence-electron chi connectivity index (χ3n) is 3.06. The van der Waals surface area contributed by atoms with Gasteiger partial charge in [-0.2, -0.15) is 10.1 Å². The van der Waals surface area contributed by atoms with Crippen LogP contribution in [0, 0.1) is 6.92 Å². The van der Waals surface area contributed by atoms with E-state index in [0.29, 0.717) is 12.4 Å². The van der Waals surface area contributed by atoms with Gasteiger partial charge in [0, 0.05) is 35.9 Å². The molecule has 19 heavy (non-hydrogen) atoms. The Balaban J connectivity index is 1.74. The number of ether oxygens (including phenoxy) is 1. The predicted octanol–water partition coefficient (Wildman–Crippen LogP) is 1.73. The molecular weight excluding hydrogens is 262 g/mol. The molecule has 3 rings (SSSR count). The maximum Gasteiger partial charge on any atom is 0.237 e. The molecule has 0 aliphatic rings. The van der Waals surface area contributed by atoms with Crippen LogP contribution in [0.25, 0.3) is 4.96 Å². The van der Waals surface area contributed by atoms with Crippen LogP contribution in [0.1, 0.15) is 17.0 Å². The number of imidazole rings is 1. The summed E-state index contributed by atoms with van der Waals surface area (Å²) in [6.45, 7) is 3.48. The molecule has 0 amide bonds. The van der Waals surface area contributed by atoms with E-state index in [1.54, 1.807) is 18.4 Å². The van der Waals surface area contributed by atoms with Crippen LogP contribution in [0.3, 0.4) is 0 Å². The van der Waals surface area contributed by atoms with Crippen LogP contribution in [-0.4, -0.2) is 26.7 Å². The Hall–Kier alpha value is -1.86. The molecule has 0 saturated carbocycles. The number of H-pyrrole nitrogens is 1. The fourth-order valence-electron chi connectivity index (χ4n) is 2.01. The molecule has 0 saturated heterocycles. The van der Waals surface area contributed by atoms with Gasteiger partial charge in [0.2, 0.25) is 5.88 Å². The van der Waals surface area contributed by atoms with Crippen molar-refractivity contribution in [3.05, 3.63) is 34.7 Å². The summed E-state index contributed by atoms with van der Waals surface area (Å²) in [6, 6.07) is 0. The molecule has 0 aromatic carbocycles. The van der Waals surface area contributed by atoms with Crippen molar-refractivity contribution < 1.29 is 4.74 Å². The quantitative estimate of drug-likeness (QED) is 0.745. The van der Waals surface area contributed by atoms with Gasteiger partial charge in [0.25, 0.3) is 0 Å². The summed E-state index contributed by atoms with van der Waals surface area (Å²) in [5.74, 6) is 0.684. The Morgan fingerprint density at radius 3 is 3.11 bits per heavy atom. The Bertz CT molecular complexity index is 683. The van der Waals surface area contributed by atoms with E-state index in [0.717, 1.165) is 22.9 Å². The first-order chi connectivity index (χ1) is 9.29. The zero-order chi connectivity index (χ0) is 13.2. The largest absolute Gasteiger partial charge is 0.480 e. The highest BCUT2D eigenvalue weighted by molar-refractivity contribution is 7.15. The minimum atomic E-state index is 0.684. The number of thiazole rings is 1. The Morgan fingerprint density at radius 1 is 1.47 bits per heavy atom. The van der Waals surface area contributed by atoms with Crippen molar-refractivity contribution in [2.75, 3.05) is 7.11 Å². The smallest absolute Gasteiger partial charge is 0.237 e. The van der Waals surface area contributed by atoms with Gasteiger partial charge < -0.3 is 10.1 Å². The van der Waals surface area contributed by atoms with E-state index in [1.807, 2.05) is 24.7 Å². The van der Waals surface area contributed by atoms with Gasteiger partial charge in [-0.25, -0.2) is 0 Å².